The fourth-order valence-corrected chi connectivity index (χ4v) is 1.54. The highest BCUT2D eigenvalue weighted by Crippen LogP contribution is 2.12. The fraction of sp³-hybridized carbons (Fsp3) is 0. The SMILES string of the molecule is O=C(O)c1cccc(F)c1C=NNc1ccccc1. The smallest absolute Gasteiger partial charge is 0.336 e. The maximum absolute atomic E-state index is 13.6. The molecule has 0 unspecified atom stereocenters. The average Bonchev–Trinajstić information content (AvgIpc) is 2.41. The van der Waals surface area contributed by atoms with Gasteiger partial charge in [-0.15, -0.1) is 0 Å². The summed E-state index contributed by atoms with van der Waals surface area (Å²) in [5.74, 6) is -1.82. The Morgan fingerprint density at radius 2 is 1.89 bits per heavy atom. The number of nitrogens with zero attached hydrogens (tertiary/aromatic N) is 1. The first-order valence-corrected chi connectivity index (χ1v) is 5.54. The lowest BCUT2D eigenvalue weighted by atomic mass is 10.1. The monoisotopic (exact) mass is 258 g/mol. The molecule has 0 heterocycles. The molecular formula is C14H11FN2O2. The van der Waals surface area contributed by atoms with Crippen LogP contribution in [-0.4, -0.2) is 17.3 Å². The van der Waals surface area contributed by atoms with Gasteiger partial charge < -0.3 is 5.11 Å². The minimum atomic E-state index is -1.19. The molecule has 5 heteroatoms. The van der Waals surface area contributed by atoms with E-state index in [0.717, 1.165) is 11.9 Å². The first kappa shape index (κ1) is 12.8. The third-order valence-electron chi connectivity index (χ3n) is 2.44. The predicted molar refractivity (Wildman–Crippen MR) is 71.0 cm³/mol. The van der Waals surface area contributed by atoms with Gasteiger partial charge in [0.05, 0.1) is 17.5 Å². The van der Waals surface area contributed by atoms with Gasteiger partial charge >= 0.3 is 5.97 Å². The summed E-state index contributed by atoms with van der Waals surface area (Å²) < 4.78 is 13.6. The lowest BCUT2D eigenvalue weighted by molar-refractivity contribution is 0.0696. The van der Waals surface area contributed by atoms with E-state index in [4.69, 9.17) is 5.11 Å². The number of carboxylic acids is 1. The van der Waals surface area contributed by atoms with Crippen molar-refractivity contribution in [2.75, 3.05) is 5.43 Å². The molecule has 0 spiro atoms. The molecule has 4 nitrogen and oxygen atoms in total. The second kappa shape index (κ2) is 5.77. The number of carboxylic acid groups (broad SMARTS) is 1. The van der Waals surface area contributed by atoms with E-state index in [1.807, 2.05) is 18.2 Å². The van der Waals surface area contributed by atoms with Gasteiger partial charge in [0.25, 0.3) is 0 Å². The number of halogens is 1. The largest absolute Gasteiger partial charge is 0.478 e. The van der Waals surface area contributed by atoms with Gasteiger partial charge in [0.2, 0.25) is 0 Å². The van der Waals surface area contributed by atoms with Crippen molar-refractivity contribution in [1.29, 1.82) is 0 Å². The number of anilines is 1. The van der Waals surface area contributed by atoms with Gasteiger partial charge in [0, 0.05) is 5.56 Å². The van der Waals surface area contributed by atoms with Crippen LogP contribution in [0.15, 0.2) is 53.6 Å². The molecule has 0 saturated carbocycles. The van der Waals surface area contributed by atoms with Crippen molar-refractivity contribution < 1.29 is 14.3 Å². The Labute approximate surface area is 109 Å². The topological polar surface area (TPSA) is 61.7 Å². The number of carbonyl (C=O) groups is 1. The van der Waals surface area contributed by atoms with Crippen LogP contribution < -0.4 is 5.43 Å². The van der Waals surface area contributed by atoms with Crippen molar-refractivity contribution in [2.24, 2.45) is 5.10 Å². The molecule has 0 aliphatic carbocycles. The number of benzene rings is 2. The molecule has 96 valence electrons. The number of hydrogen-bond donors (Lipinski definition) is 2. The Hall–Kier alpha value is -2.69. The molecule has 0 bridgehead atoms. The van der Waals surface area contributed by atoms with Crippen molar-refractivity contribution in [3.8, 4) is 0 Å². The van der Waals surface area contributed by atoms with E-state index in [9.17, 15) is 9.18 Å². The Morgan fingerprint density at radius 3 is 2.58 bits per heavy atom. The van der Waals surface area contributed by atoms with Crippen LogP contribution in [0.4, 0.5) is 10.1 Å². The van der Waals surface area contributed by atoms with Gasteiger partial charge in [-0.3, -0.25) is 5.43 Å². The number of hydrazone groups is 1. The third-order valence-corrected chi connectivity index (χ3v) is 2.44. The summed E-state index contributed by atoms with van der Waals surface area (Å²) in [4.78, 5) is 11.0. The highest BCUT2D eigenvalue weighted by atomic mass is 19.1. The molecule has 0 aromatic heterocycles. The first-order chi connectivity index (χ1) is 9.18. The second-order valence-corrected chi connectivity index (χ2v) is 3.74. The van der Waals surface area contributed by atoms with Gasteiger partial charge in [-0.2, -0.15) is 5.10 Å². The summed E-state index contributed by atoms with van der Waals surface area (Å²) in [6.45, 7) is 0. The molecular weight excluding hydrogens is 247 g/mol. The highest BCUT2D eigenvalue weighted by Gasteiger charge is 2.11. The van der Waals surface area contributed by atoms with Gasteiger partial charge in [-0.1, -0.05) is 24.3 Å². The molecule has 0 saturated heterocycles. The van der Waals surface area contributed by atoms with E-state index in [2.05, 4.69) is 10.5 Å². The molecule has 0 radical (unpaired) electrons. The van der Waals surface area contributed by atoms with Crippen molar-refractivity contribution in [3.63, 3.8) is 0 Å². The van der Waals surface area contributed by atoms with E-state index in [1.54, 1.807) is 12.1 Å². The summed E-state index contributed by atoms with van der Waals surface area (Å²) in [7, 11) is 0. The second-order valence-electron chi connectivity index (χ2n) is 3.74. The van der Waals surface area contributed by atoms with Crippen LogP contribution in [0.3, 0.4) is 0 Å². The summed E-state index contributed by atoms with van der Waals surface area (Å²) in [5.41, 5.74) is 3.24. The molecule has 0 amide bonds. The molecule has 0 atom stereocenters. The van der Waals surface area contributed by atoms with E-state index < -0.39 is 11.8 Å². The fourth-order valence-electron chi connectivity index (χ4n) is 1.54. The van der Waals surface area contributed by atoms with Crippen molar-refractivity contribution >= 4 is 17.9 Å². The third kappa shape index (κ3) is 3.16. The number of aromatic carboxylic acids is 1. The van der Waals surface area contributed by atoms with Crippen LogP contribution in [0.2, 0.25) is 0 Å². The van der Waals surface area contributed by atoms with Crippen molar-refractivity contribution in [1.82, 2.24) is 0 Å². The lowest BCUT2D eigenvalue weighted by Crippen LogP contribution is -2.05. The molecule has 2 aromatic carbocycles. The minimum absolute atomic E-state index is 0.0570. The number of hydrogen-bond acceptors (Lipinski definition) is 3. The van der Waals surface area contributed by atoms with E-state index >= 15 is 0 Å². The Bertz CT molecular complexity index is 612. The Morgan fingerprint density at radius 1 is 1.16 bits per heavy atom. The molecule has 0 fully saturated rings. The maximum atomic E-state index is 13.6. The Balaban J connectivity index is 2.21. The maximum Gasteiger partial charge on any atom is 0.336 e. The van der Waals surface area contributed by atoms with Gasteiger partial charge in [-0.05, 0) is 24.3 Å². The first-order valence-electron chi connectivity index (χ1n) is 5.54. The minimum Gasteiger partial charge on any atom is -0.478 e. The van der Waals surface area contributed by atoms with Gasteiger partial charge in [-0.25, -0.2) is 9.18 Å². The van der Waals surface area contributed by atoms with Gasteiger partial charge in [0.1, 0.15) is 5.82 Å². The van der Waals surface area contributed by atoms with Crippen molar-refractivity contribution in [2.45, 2.75) is 0 Å². The highest BCUT2D eigenvalue weighted by molar-refractivity contribution is 5.98. The molecule has 2 aromatic rings. The summed E-state index contributed by atoms with van der Waals surface area (Å²) in [6.07, 6.45) is 1.16. The predicted octanol–water partition coefficient (Wildman–Crippen LogP) is 2.97. The van der Waals surface area contributed by atoms with Crippen LogP contribution in [0.5, 0.6) is 0 Å². The zero-order valence-electron chi connectivity index (χ0n) is 9.88. The zero-order chi connectivity index (χ0) is 13.7. The number of nitrogens with one attached hydrogen (secondary N) is 1. The zero-order valence-corrected chi connectivity index (χ0v) is 9.88. The van der Waals surface area contributed by atoms with Crippen molar-refractivity contribution in [3.05, 3.63) is 65.5 Å². The average molecular weight is 258 g/mol. The lowest BCUT2D eigenvalue weighted by Gasteiger charge is -2.02. The van der Waals surface area contributed by atoms with Crippen LogP contribution >= 0.6 is 0 Å². The van der Waals surface area contributed by atoms with E-state index in [1.165, 1.54) is 18.2 Å². The van der Waals surface area contributed by atoms with Crippen LogP contribution in [-0.2, 0) is 0 Å². The van der Waals surface area contributed by atoms with Gasteiger partial charge in [0.15, 0.2) is 0 Å². The van der Waals surface area contributed by atoms with E-state index in [-0.39, 0.29) is 11.1 Å². The summed E-state index contributed by atoms with van der Waals surface area (Å²) in [6, 6.07) is 12.9. The quantitative estimate of drug-likeness (QED) is 0.654. The molecule has 0 aliphatic heterocycles. The molecule has 2 N–H and O–H groups in total. The molecule has 2 rings (SSSR count). The summed E-state index contributed by atoms with van der Waals surface area (Å²) >= 11 is 0. The number of rotatable bonds is 4. The molecule has 0 aliphatic rings. The standard InChI is InChI=1S/C14H11FN2O2/c15-13-8-4-7-11(14(18)19)12(13)9-16-17-10-5-2-1-3-6-10/h1-9,17H,(H,18,19). The summed E-state index contributed by atoms with van der Waals surface area (Å²) in [5, 5.41) is 12.8. The van der Waals surface area contributed by atoms with Crippen LogP contribution in [0.25, 0.3) is 0 Å². The van der Waals surface area contributed by atoms with Crippen LogP contribution in [0, 0.1) is 5.82 Å². The number of para-hydroxylation sites is 1. The Kier molecular flexibility index (Phi) is 3.87. The van der Waals surface area contributed by atoms with Crippen LogP contribution in [0.1, 0.15) is 15.9 Å². The molecule has 19 heavy (non-hydrogen) atoms. The van der Waals surface area contributed by atoms with E-state index in [0.29, 0.717) is 0 Å². The normalized spacial score (nSPS) is 10.6.